The van der Waals surface area contributed by atoms with E-state index in [9.17, 15) is 0 Å². The Kier molecular flexibility index (Phi) is 6.93. The highest BCUT2D eigenvalue weighted by Gasteiger charge is 2.19. The van der Waals surface area contributed by atoms with Gasteiger partial charge >= 0.3 is 0 Å². The van der Waals surface area contributed by atoms with E-state index in [0.29, 0.717) is 0 Å². The van der Waals surface area contributed by atoms with Gasteiger partial charge in [-0.2, -0.15) is 0 Å². The second-order valence-corrected chi connectivity index (χ2v) is 14.9. The fourth-order valence-corrected chi connectivity index (χ4v) is 9.10. The summed E-state index contributed by atoms with van der Waals surface area (Å²) in [5.74, 6) is 0. The molecule has 12 aromatic rings. The number of rotatable bonds is 5. The van der Waals surface area contributed by atoms with Crippen molar-refractivity contribution < 1.29 is 4.42 Å². The summed E-state index contributed by atoms with van der Waals surface area (Å²) < 4.78 is 11.2. The molecule has 0 aliphatic rings. The maximum atomic E-state index is 6.38. The Morgan fingerprint density at radius 1 is 0.281 bits per heavy atom. The third-order valence-corrected chi connectivity index (χ3v) is 11.7. The van der Waals surface area contributed by atoms with Gasteiger partial charge in [-0.15, -0.1) is 0 Å². The number of fused-ring (bicyclic) bond motifs is 9. The summed E-state index contributed by atoms with van der Waals surface area (Å²) in [5, 5.41) is 7.20. The van der Waals surface area contributed by atoms with E-state index in [0.717, 1.165) is 38.9 Å². The van der Waals surface area contributed by atoms with Crippen molar-refractivity contribution in [3.63, 3.8) is 0 Å². The Balaban J connectivity index is 1.04. The van der Waals surface area contributed by atoms with Crippen LogP contribution in [0.4, 0.5) is 0 Å². The minimum Gasteiger partial charge on any atom is -0.456 e. The zero-order valence-electron chi connectivity index (χ0n) is 30.9. The van der Waals surface area contributed by atoms with E-state index in [-0.39, 0.29) is 0 Å². The van der Waals surface area contributed by atoms with Crippen molar-refractivity contribution in [1.29, 1.82) is 0 Å². The molecule has 3 aromatic heterocycles. The van der Waals surface area contributed by atoms with Crippen LogP contribution in [-0.4, -0.2) is 9.13 Å². The number of furan rings is 1. The Morgan fingerprint density at radius 2 is 0.825 bits per heavy atom. The van der Waals surface area contributed by atoms with Gasteiger partial charge in [0.1, 0.15) is 11.2 Å². The Hall–Kier alpha value is -7.62. The molecule has 0 saturated heterocycles. The average molecular weight is 727 g/mol. The molecule has 9 aromatic carbocycles. The zero-order valence-corrected chi connectivity index (χ0v) is 30.9. The summed E-state index contributed by atoms with van der Waals surface area (Å²) in [6.45, 7) is 0. The molecular weight excluding hydrogens is 693 g/mol. The number of para-hydroxylation sites is 3. The van der Waals surface area contributed by atoms with Crippen molar-refractivity contribution in [2.45, 2.75) is 0 Å². The zero-order chi connectivity index (χ0) is 37.5. The Labute approximate surface area is 328 Å². The number of hydrogen-bond acceptors (Lipinski definition) is 1. The van der Waals surface area contributed by atoms with Gasteiger partial charge in [-0.05, 0) is 112 Å². The quantitative estimate of drug-likeness (QED) is 0.173. The van der Waals surface area contributed by atoms with E-state index in [1.165, 1.54) is 71.4 Å². The van der Waals surface area contributed by atoms with Crippen LogP contribution in [0.3, 0.4) is 0 Å². The third-order valence-electron chi connectivity index (χ3n) is 11.7. The molecule has 57 heavy (non-hydrogen) atoms. The molecule has 0 N–H and O–H groups in total. The predicted octanol–water partition coefficient (Wildman–Crippen LogP) is 14.8. The smallest absolute Gasteiger partial charge is 0.136 e. The van der Waals surface area contributed by atoms with E-state index >= 15 is 0 Å². The molecule has 266 valence electrons. The standard InChI is InChI=1S/C54H34N2O/c1-3-12-35(13-4-1)36-22-27-41(28-23-36)55-48-19-9-7-16-43(48)46-32-37(25-30-49(46)55)38-26-31-50-47(33-38)54-42(18-11-20-51(54)56(50)40-14-5-2-6-15-40)39-24-29-45-44-17-8-10-21-52(44)57-53(45)34-39/h1-34H. The van der Waals surface area contributed by atoms with E-state index in [1.807, 2.05) is 12.1 Å². The molecule has 12 rings (SSSR count). The molecular formula is C54H34N2O. The summed E-state index contributed by atoms with van der Waals surface area (Å²) in [7, 11) is 0. The topological polar surface area (TPSA) is 23.0 Å². The molecule has 0 aliphatic heterocycles. The van der Waals surface area contributed by atoms with Crippen LogP contribution in [0.1, 0.15) is 0 Å². The van der Waals surface area contributed by atoms with Gasteiger partial charge in [0.2, 0.25) is 0 Å². The SMILES string of the molecule is c1ccc(-c2ccc(-n3c4ccccc4c4cc(-c5ccc6c(c5)c5c(-c7ccc8c(c7)oc7ccccc78)cccc5n6-c5ccccc5)ccc43)cc2)cc1. The minimum atomic E-state index is 0.901. The van der Waals surface area contributed by atoms with Crippen molar-refractivity contribution in [3.8, 4) is 44.8 Å². The molecule has 3 heteroatoms. The lowest BCUT2D eigenvalue weighted by molar-refractivity contribution is 0.669. The molecule has 3 nitrogen and oxygen atoms in total. The first-order valence-corrected chi connectivity index (χ1v) is 19.5. The maximum Gasteiger partial charge on any atom is 0.136 e. The molecule has 0 saturated carbocycles. The predicted molar refractivity (Wildman–Crippen MR) is 239 cm³/mol. The maximum absolute atomic E-state index is 6.38. The van der Waals surface area contributed by atoms with Gasteiger partial charge in [0, 0.05) is 43.7 Å². The molecule has 0 fully saturated rings. The van der Waals surface area contributed by atoms with Crippen LogP contribution in [0.5, 0.6) is 0 Å². The van der Waals surface area contributed by atoms with Crippen molar-refractivity contribution in [2.24, 2.45) is 0 Å². The highest BCUT2D eigenvalue weighted by Crippen LogP contribution is 2.42. The van der Waals surface area contributed by atoms with Crippen LogP contribution in [0.2, 0.25) is 0 Å². The van der Waals surface area contributed by atoms with Crippen LogP contribution in [-0.2, 0) is 0 Å². The lowest BCUT2D eigenvalue weighted by Crippen LogP contribution is -1.94. The number of aromatic nitrogens is 2. The van der Waals surface area contributed by atoms with E-state index in [1.54, 1.807) is 0 Å². The van der Waals surface area contributed by atoms with Gasteiger partial charge in [-0.1, -0.05) is 127 Å². The molecule has 0 unspecified atom stereocenters. The number of nitrogens with zero attached hydrogens (tertiary/aromatic N) is 2. The number of hydrogen-bond donors (Lipinski definition) is 0. The average Bonchev–Trinajstić information content (AvgIpc) is 3.94. The number of benzene rings is 9. The van der Waals surface area contributed by atoms with Crippen LogP contribution in [0, 0.1) is 0 Å². The third kappa shape index (κ3) is 4.92. The minimum absolute atomic E-state index is 0.901. The Morgan fingerprint density at radius 3 is 1.63 bits per heavy atom. The van der Waals surface area contributed by atoms with Crippen LogP contribution < -0.4 is 0 Å². The normalized spacial score (nSPS) is 11.9. The molecule has 3 heterocycles. The summed E-state index contributed by atoms with van der Waals surface area (Å²) in [5.41, 5.74) is 16.0. The lowest BCUT2D eigenvalue weighted by atomic mass is 9.96. The second kappa shape index (κ2) is 12.5. The second-order valence-electron chi connectivity index (χ2n) is 14.9. The van der Waals surface area contributed by atoms with Gasteiger partial charge in [0.05, 0.1) is 22.1 Å². The summed E-state index contributed by atoms with van der Waals surface area (Å²) in [4.78, 5) is 0. The van der Waals surface area contributed by atoms with Crippen molar-refractivity contribution in [2.75, 3.05) is 0 Å². The summed E-state index contributed by atoms with van der Waals surface area (Å²) >= 11 is 0. The fourth-order valence-electron chi connectivity index (χ4n) is 9.10. The van der Waals surface area contributed by atoms with Crippen molar-refractivity contribution in [1.82, 2.24) is 9.13 Å². The van der Waals surface area contributed by atoms with Gasteiger partial charge in [0.25, 0.3) is 0 Å². The van der Waals surface area contributed by atoms with Crippen LogP contribution in [0.25, 0.3) is 110 Å². The van der Waals surface area contributed by atoms with Gasteiger partial charge in [-0.3, -0.25) is 0 Å². The summed E-state index contributed by atoms with van der Waals surface area (Å²) in [6, 6.07) is 74.5. The molecule has 0 radical (unpaired) electrons. The molecule has 0 atom stereocenters. The highest BCUT2D eigenvalue weighted by molar-refractivity contribution is 6.18. The molecule has 0 amide bonds. The fraction of sp³-hybridized carbons (Fsp3) is 0. The largest absolute Gasteiger partial charge is 0.456 e. The highest BCUT2D eigenvalue weighted by atomic mass is 16.3. The summed E-state index contributed by atoms with van der Waals surface area (Å²) in [6.07, 6.45) is 0. The van der Waals surface area contributed by atoms with Crippen LogP contribution >= 0.6 is 0 Å². The van der Waals surface area contributed by atoms with Gasteiger partial charge < -0.3 is 13.6 Å². The van der Waals surface area contributed by atoms with Gasteiger partial charge in [0.15, 0.2) is 0 Å². The molecule has 0 aliphatic carbocycles. The van der Waals surface area contributed by atoms with Gasteiger partial charge in [-0.25, -0.2) is 0 Å². The first kappa shape index (κ1) is 31.7. The first-order valence-electron chi connectivity index (χ1n) is 19.5. The first-order chi connectivity index (χ1) is 28.3. The molecule has 0 bridgehead atoms. The van der Waals surface area contributed by atoms with Crippen molar-refractivity contribution >= 4 is 65.6 Å². The Bertz CT molecular complexity index is 3490. The lowest BCUT2D eigenvalue weighted by Gasteiger charge is -2.10. The van der Waals surface area contributed by atoms with E-state index < -0.39 is 0 Å². The van der Waals surface area contributed by atoms with Crippen molar-refractivity contribution in [3.05, 3.63) is 206 Å². The monoisotopic (exact) mass is 726 g/mol. The van der Waals surface area contributed by atoms with E-state index in [2.05, 4.69) is 203 Å². The molecule has 0 spiro atoms. The van der Waals surface area contributed by atoms with E-state index in [4.69, 9.17) is 4.42 Å². The van der Waals surface area contributed by atoms with Crippen LogP contribution in [0.15, 0.2) is 211 Å².